The van der Waals surface area contributed by atoms with Crippen LogP contribution in [0, 0.1) is 5.92 Å². The third-order valence-electron chi connectivity index (χ3n) is 3.35. The fraction of sp³-hybridized carbons (Fsp3) is 0.600. The molecule has 3 heteroatoms. The number of epoxide rings is 1. The normalized spacial score (nSPS) is 21.9. The molecular formula is C15H20O3. The summed E-state index contributed by atoms with van der Waals surface area (Å²) in [6.45, 7) is 3.29. The molecule has 1 aromatic carbocycles. The first-order valence-corrected chi connectivity index (χ1v) is 6.81. The highest BCUT2D eigenvalue weighted by molar-refractivity contribution is 5.27. The van der Waals surface area contributed by atoms with Crippen molar-refractivity contribution in [3.63, 3.8) is 0 Å². The standard InChI is InChI=1S/C15H20O3/c1-2-13(1)9-16-8-7-12-3-5-14(6-4-12)17-10-15-11-18-15/h3-6,13,15H,1-2,7-11H2/t15-/m1/s1. The van der Waals surface area contributed by atoms with Gasteiger partial charge in [0.2, 0.25) is 0 Å². The van der Waals surface area contributed by atoms with Gasteiger partial charge < -0.3 is 14.2 Å². The van der Waals surface area contributed by atoms with E-state index in [1.807, 2.05) is 12.1 Å². The third-order valence-corrected chi connectivity index (χ3v) is 3.35. The Kier molecular flexibility index (Phi) is 3.81. The van der Waals surface area contributed by atoms with Gasteiger partial charge in [0.1, 0.15) is 18.5 Å². The van der Waals surface area contributed by atoms with Gasteiger partial charge in [-0.15, -0.1) is 0 Å². The second kappa shape index (κ2) is 5.72. The average Bonchev–Trinajstić information content (AvgIpc) is 3.28. The summed E-state index contributed by atoms with van der Waals surface area (Å²) in [6.07, 6.45) is 4.02. The lowest BCUT2D eigenvalue weighted by atomic mass is 10.1. The molecule has 0 amide bonds. The molecule has 0 unspecified atom stereocenters. The minimum absolute atomic E-state index is 0.320. The Labute approximate surface area is 108 Å². The van der Waals surface area contributed by atoms with E-state index in [4.69, 9.17) is 14.2 Å². The number of ether oxygens (including phenoxy) is 3. The summed E-state index contributed by atoms with van der Waals surface area (Å²) in [4.78, 5) is 0. The van der Waals surface area contributed by atoms with Gasteiger partial charge in [0, 0.05) is 6.61 Å². The van der Waals surface area contributed by atoms with Crippen LogP contribution in [0.1, 0.15) is 18.4 Å². The van der Waals surface area contributed by atoms with E-state index in [0.29, 0.717) is 12.7 Å². The average molecular weight is 248 g/mol. The largest absolute Gasteiger partial charge is 0.491 e. The summed E-state index contributed by atoms with van der Waals surface area (Å²) in [5, 5.41) is 0. The predicted octanol–water partition coefficient (Wildman–Crippen LogP) is 2.43. The zero-order valence-corrected chi connectivity index (χ0v) is 10.6. The van der Waals surface area contributed by atoms with Gasteiger partial charge in [0.15, 0.2) is 0 Å². The first-order valence-electron chi connectivity index (χ1n) is 6.81. The van der Waals surface area contributed by atoms with E-state index in [9.17, 15) is 0 Å². The van der Waals surface area contributed by atoms with E-state index in [-0.39, 0.29) is 0 Å². The van der Waals surface area contributed by atoms with Gasteiger partial charge in [0.25, 0.3) is 0 Å². The molecule has 1 saturated carbocycles. The van der Waals surface area contributed by atoms with Gasteiger partial charge in [-0.3, -0.25) is 0 Å². The number of rotatable bonds is 8. The Hall–Kier alpha value is -1.06. The van der Waals surface area contributed by atoms with Gasteiger partial charge in [-0.05, 0) is 42.9 Å². The number of hydrogen-bond acceptors (Lipinski definition) is 3. The highest BCUT2D eigenvalue weighted by Crippen LogP contribution is 2.28. The molecule has 1 heterocycles. The van der Waals surface area contributed by atoms with Gasteiger partial charge in [-0.1, -0.05) is 12.1 Å². The molecule has 1 saturated heterocycles. The summed E-state index contributed by atoms with van der Waals surface area (Å²) >= 11 is 0. The van der Waals surface area contributed by atoms with Gasteiger partial charge in [0.05, 0.1) is 13.2 Å². The Morgan fingerprint density at radius 1 is 1.11 bits per heavy atom. The first kappa shape index (κ1) is 12.0. The molecule has 0 spiro atoms. The van der Waals surface area contributed by atoms with Crippen LogP contribution in [0.5, 0.6) is 5.75 Å². The summed E-state index contributed by atoms with van der Waals surface area (Å²) < 4.78 is 16.3. The van der Waals surface area contributed by atoms with Crippen LogP contribution in [-0.2, 0) is 15.9 Å². The van der Waals surface area contributed by atoms with Crippen molar-refractivity contribution in [2.45, 2.75) is 25.4 Å². The number of benzene rings is 1. The highest BCUT2D eigenvalue weighted by Gasteiger charge is 2.23. The lowest BCUT2D eigenvalue weighted by Crippen LogP contribution is -2.04. The quantitative estimate of drug-likeness (QED) is 0.523. The molecule has 98 valence electrons. The van der Waals surface area contributed by atoms with E-state index in [1.54, 1.807) is 0 Å². The zero-order valence-electron chi connectivity index (χ0n) is 10.6. The number of hydrogen-bond donors (Lipinski definition) is 0. The maximum atomic E-state index is 5.63. The van der Waals surface area contributed by atoms with Gasteiger partial charge >= 0.3 is 0 Å². The second-order valence-corrected chi connectivity index (χ2v) is 5.18. The Morgan fingerprint density at radius 2 is 1.89 bits per heavy atom. The van der Waals surface area contributed by atoms with Crippen LogP contribution in [0.2, 0.25) is 0 Å². The molecule has 3 nitrogen and oxygen atoms in total. The molecule has 1 aliphatic carbocycles. The van der Waals surface area contributed by atoms with Crippen molar-refractivity contribution in [2.24, 2.45) is 5.92 Å². The van der Waals surface area contributed by atoms with Crippen LogP contribution in [0.4, 0.5) is 0 Å². The Balaban J connectivity index is 1.35. The van der Waals surface area contributed by atoms with Gasteiger partial charge in [-0.2, -0.15) is 0 Å². The molecule has 2 aliphatic rings. The molecule has 0 radical (unpaired) electrons. The molecule has 1 aromatic rings. The van der Waals surface area contributed by atoms with Crippen molar-refractivity contribution in [3.05, 3.63) is 29.8 Å². The first-order chi connectivity index (χ1) is 8.90. The highest BCUT2D eigenvalue weighted by atomic mass is 16.6. The summed E-state index contributed by atoms with van der Waals surface area (Å²) in [7, 11) is 0. The van der Waals surface area contributed by atoms with Crippen molar-refractivity contribution < 1.29 is 14.2 Å². The van der Waals surface area contributed by atoms with Crippen molar-refractivity contribution >= 4 is 0 Å². The molecule has 18 heavy (non-hydrogen) atoms. The SMILES string of the molecule is c1cc(OC[C@@H]2CO2)ccc1CCOCC1CC1. The second-order valence-electron chi connectivity index (χ2n) is 5.18. The fourth-order valence-corrected chi connectivity index (χ4v) is 1.83. The van der Waals surface area contributed by atoms with Crippen molar-refractivity contribution in [1.82, 2.24) is 0 Å². The Morgan fingerprint density at radius 3 is 2.56 bits per heavy atom. The molecular weight excluding hydrogens is 228 g/mol. The summed E-state index contributed by atoms with van der Waals surface area (Å²) in [6, 6.07) is 8.28. The van der Waals surface area contributed by atoms with Crippen molar-refractivity contribution in [3.8, 4) is 5.75 Å². The maximum Gasteiger partial charge on any atom is 0.119 e. The van der Waals surface area contributed by atoms with E-state index in [0.717, 1.165) is 37.9 Å². The molecule has 1 aliphatic heterocycles. The lowest BCUT2D eigenvalue weighted by molar-refractivity contribution is 0.127. The molecule has 0 aromatic heterocycles. The Bertz CT molecular complexity index is 366. The van der Waals surface area contributed by atoms with Crippen LogP contribution in [0.3, 0.4) is 0 Å². The monoisotopic (exact) mass is 248 g/mol. The van der Waals surface area contributed by atoms with E-state index >= 15 is 0 Å². The maximum absolute atomic E-state index is 5.63. The topological polar surface area (TPSA) is 31.0 Å². The zero-order chi connectivity index (χ0) is 12.2. The van der Waals surface area contributed by atoms with Crippen LogP contribution in [0.15, 0.2) is 24.3 Å². The van der Waals surface area contributed by atoms with E-state index < -0.39 is 0 Å². The van der Waals surface area contributed by atoms with Crippen LogP contribution < -0.4 is 4.74 Å². The van der Waals surface area contributed by atoms with Gasteiger partial charge in [-0.25, -0.2) is 0 Å². The molecule has 3 rings (SSSR count). The molecule has 0 N–H and O–H groups in total. The molecule has 2 fully saturated rings. The third kappa shape index (κ3) is 4.00. The van der Waals surface area contributed by atoms with E-state index in [1.165, 1.54) is 18.4 Å². The minimum atomic E-state index is 0.320. The fourth-order valence-electron chi connectivity index (χ4n) is 1.83. The van der Waals surface area contributed by atoms with Crippen molar-refractivity contribution in [2.75, 3.05) is 26.4 Å². The van der Waals surface area contributed by atoms with E-state index in [2.05, 4.69) is 12.1 Å². The summed E-state index contributed by atoms with van der Waals surface area (Å²) in [5.74, 6) is 1.78. The smallest absolute Gasteiger partial charge is 0.119 e. The predicted molar refractivity (Wildman–Crippen MR) is 68.9 cm³/mol. The molecule has 1 atom stereocenters. The van der Waals surface area contributed by atoms with Crippen LogP contribution >= 0.6 is 0 Å². The van der Waals surface area contributed by atoms with Crippen molar-refractivity contribution in [1.29, 1.82) is 0 Å². The van der Waals surface area contributed by atoms with Crippen LogP contribution in [0.25, 0.3) is 0 Å². The lowest BCUT2D eigenvalue weighted by Gasteiger charge is -2.06. The summed E-state index contributed by atoms with van der Waals surface area (Å²) in [5.41, 5.74) is 1.31. The van der Waals surface area contributed by atoms with Crippen LogP contribution in [-0.4, -0.2) is 32.5 Å². The minimum Gasteiger partial charge on any atom is -0.491 e. The molecule has 0 bridgehead atoms.